The first kappa shape index (κ1) is 11.4. The molecule has 0 aliphatic heterocycles. The lowest BCUT2D eigenvalue weighted by molar-refractivity contribution is -0.0764. The Labute approximate surface area is 113 Å². The van der Waals surface area contributed by atoms with Crippen LogP contribution in [0.5, 0.6) is 0 Å². The van der Waals surface area contributed by atoms with Crippen molar-refractivity contribution in [1.82, 2.24) is 10.2 Å². The summed E-state index contributed by atoms with van der Waals surface area (Å²) >= 11 is 5.64. The number of aromatic nitrogens is 2. The molecule has 1 aromatic carbocycles. The van der Waals surface area contributed by atoms with Gasteiger partial charge >= 0.3 is 0 Å². The standard InChI is InChI=1S/C13H11ClFN3O/c14-8-2-1-7(3-9(8)15)10-17-18-11(19-10)12-4-13(16,5-12)6-12/h1-3H,4-6,16H2. The summed E-state index contributed by atoms with van der Waals surface area (Å²) in [6.07, 6.45) is 2.70. The molecule has 4 nitrogen and oxygen atoms in total. The molecule has 0 saturated heterocycles. The topological polar surface area (TPSA) is 64.9 Å². The highest BCUT2D eigenvalue weighted by atomic mass is 35.5. The molecule has 5 rings (SSSR count). The average molecular weight is 280 g/mol. The second kappa shape index (κ2) is 3.35. The number of hydrogen-bond donors (Lipinski definition) is 1. The van der Waals surface area contributed by atoms with Crippen molar-refractivity contribution >= 4 is 11.6 Å². The molecule has 1 heterocycles. The summed E-state index contributed by atoms with van der Waals surface area (Å²) in [5, 5.41) is 8.14. The molecule has 0 atom stereocenters. The average Bonchev–Trinajstić information content (AvgIpc) is 2.77. The van der Waals surface area contributed by atoms with Gasteiger partial charge in [0.15, 0.2) is 0 Å². The number of benzene rings is 1. The zero-order valence-electron chi connectivity index (χ0n) is 9.99. The number of hydrogen-bond acceptors (Lipinski definition) is 4. The van der Waals surface area contributed by atoms with Crippen LogP contribution in [0.25, 0.3) is 11.5 Å². The highest BCUT2D eigenvalue weighted by molar-refractivity contribution is 6.30. The van der Waals surface area contributed by atoms with Crippen LogP contribution in [0.2, 0.25) is 5.02 Å². The molecule has 2 N–H and O–H groups in total. The minimum Gasteiger partial charge on any atom is -0.420 e. The van der Waals surface area contributed by atoms with Crippen molar-refractivity contribution in [2.75, 3.05) is 0 Å². The fourth-order valence-corrected chi connectivity index (χ4v) is 3.39. The SMILES string of the molecule is NC12CC(c3nnc(-c4ccc(Cl)c(F)c4)o3)(C1)C2. The van der Waals surface area contributed by atoms with Crippen LogP contribution >= 0.6 is 11.6 Å². The minimum atomic E-state index is -0.495. The third-order valence-electron chi connectivity index (χ3n) is 4.12. The molecule has 19 heavy (non-hydrogen) atoms. The van der Waals surface area contributed by atoms with Gasteiger partial charge in [-0.25, -0.2) is 4.39 Å². The number of halogens is 2. The summed E-state index contributed by atoms with van der Waals surface area (Å²) in [6.45, 7) is 0. The van der Waals surface area contributed by atoms with Gasteiger partial charge in [-0.15, -0.1) is 10.2 Å². The summed E-state index contributed by atoms with van der Waals surface area (Å²) in [5.74, 6) is 0.442. The Kier molecular flexibility index (Phi) is 2.00. The Morgan fingerprint density at radius 2 is 2.00 bits per heavy atom. The van der Waals surface area contributed by atoms with E-state index in [2.05, 4.69) is 10.2 Å². The van der Waals surface area contributed by atoms with Crippen LogP contribution in [-0.4, -0.2) is 15.7 Å². The van der Waals surface area contributed by atoms with Crippen LogP contribution in [0, 0.1) is 5.82 Å². The Balaban J connectivity index is 1.66. The zero-order chi connectivity index (χ0) is 13.3. The molecule has 2 bridgehead atoms. The van der Waals surface area contributed by atoms with Crippen molar-refractivity contribution in [3.8, 4) is 11.5 Å². The molecule has 0 unspecified atom stereocenters. The number of nitrogens with zero attached hydrogens (tertiary/aromatic N) is 2. The second-order valence-corrected chi connectivity index (χ2v) is 6.12. The Bertz CT molecular complexity index is 665. The molecule has 3 saturated carbocycles. The zero-order valence-corrected chi connectivity index (χ0v) is 10.7. The van der Waals surface area contributed by atoms with Gasteiger partial charge < -0.3 is 10.2 Å². The highest BCUT2D eigenvalue weighted by Gasteiger charge is 2.69. The van der Waals surface area contributed by atoms with Gasteiger partial charge in [-0.05, 0) is 37.5 Å². The van der Waals surface area contributed by atoms with Gasteiger partial charge in [-0.3, -0.25) is 0 Å². The molecule has 98 valence electrons. The van der Waals surface area contributed by atoms with Gasteiger partial charge in [-0.2, -0.15) is 0 Å². The monoisotopic (exact) mass is 279 g/mol. The Hall–Kier alpha value is -1.46. The van der Waals surface area contributed by atoms with Gasteiger partial charge in [0.05, 0.1) is 10.4 Å². The van der Waals surface area contributed by atoms with Gasteiger partial charge in [-0.1, -0.05) is 11.6 Å². The number of rotatable bonds is 2. The van der Waals surface area contributed by atoms with Gasteiger partial charge in [0.1, 0.15) is 5.82 Å². The number of nitrogens with two attached hydrogens (primary N) is 1. The third-order valence-corrected chi connectivity index (χ3v) is 4.42. The normalized spacial score (nSPS) is 31.7. The molecule has 6 heteroatoms. The summed E-state index contributed by atoms with van der Waals surface area (Å²) in [4.78, 5) is 0. The van der Waals surface area contributed by atoms with E-state index in [0.717, 1.165) is 19.3 Å². The first-order chi connectivity index (χ1) is 9.00. The molecule has 2 aromatic rings. The fraction of sp³-hybridized carbons (Fsp3) is 0.385. The lowest BCUT2D eigenvalue weighted by Crippen LogP contribution is -2.74. The van der Waals surface area contributed by atoms with Gasteiger partial charge in [0.2, 0.25) is 11.8 Å². The van der Waals surface area contributed by atoms with Crippen molar-refractivity contribution in [2.24, 2.45) is 5.73 Å². The molecule has 0 spiro atoms. The van der Waals surface area contributed by atoms with Crippen LogP contribution in [-0.2, 0) is 5.41 Å². The highest BCUT2D eigenvalue weighted by Crippen LogP contribution is 2.66. The van der Waals surface area contributed by atoms with Crippen LogP contribution in [0.1, 0.15) is 25.2 Å². The quantitative estimate of drug-likeness (QED) is 0.918. The fourth-order valence-electron chi connectivity index (χ4n) is 3.28. The third kappa shape index (κ3) is 1.48. The predicted octanol–water partition coefficient (Wildman–Crippen LogP) is 2.66. The molecule has 3 fully saturated rings. The van der Waals surface area contributed by atoms with Crippen LogP contribution < -0.4 is 5.73 Å². The van der Waals surface area contributed by atoms with E-state index in [4.69, 9.17) is 21.8 Å². The summed E-state index contributed by atoms with van der Waals surface area (Å²) in [6, 6.07) is 4.44. The minimum absolute atomic E-state index is 0.0129. The van der Waals surface area contributed by atoms with Crippen LogP contribution in [0.15, 0.2) is 22.6 Å². The van der Waals surface area contributed by atoms with E-state index >= 15 is 0 Å². The van der Waals surface area contributed by atoms with Crippen molar-refractivity contribution in [3.05, 3.63) is 34.9 Å². The van der Waals surface area contributed by atoms with E-state index < -0.39 is 5.82 Å². The summed E-state index contributed by atoms with van der Waals surface area (Å²) < 4.78 is 19.1. The Morgan fingerprint density at radius 1 is 1.26 bits per heavy atom. The summed E-state index contributed by atoms with van der Waals surface area (Å²) in [5.41, 5.74) is 6.51. The van der Waals surface area contributed by atoms with Crippen molar-refractivity contribution in [2.45, 2.75) is 30.2 Å². The van der Waals surface area contributed by atoms with E-state index in [1.807, 2.05) is 0 Å². The lowest BCUT2D eigenvalue weighted by Gasteiger charge is -2.66. The molecular formula is C13H11ClFN3O. The first-order valence-electron chi connectivity index (χ1n) is 6.08. The van der Waals surface area contributed by atoms with Crippen molar-refractivity contribution in [1.29, 1.82) is 0 Å². The van der Waals surface area contributed by atoms with Crippen LogP contribution in [0.4, 0.5) is 4.39 Å². The van der Waals surface area contributed by atoms with Crippen LogP contribution in [0.3, 0.4) is 0 Å². The van der Waals surface area contributed by atoms with Crippen molar-refractivity contribution < 1.29 is 8.81 Å². The maximum Gasteiger partial charge on any atom is 0.247 e. The second-order valence-electron chi connectivity index (χ2n) is 5.71. The first-order valence-corrected chi connectivity index (χ1v) is 6.46. The van der Waals surface area contributed by atoms with Gasteiger partial charge in [0.25, 0.3) is 0 Å². The van der Waals surface area contributed by atoms with Gasteiger partial charge in [0, 0.05) is 11.1 Å². The Morgan fingerprint density at radius 3 is 2.63 bits per heavy atom. The van der Waals surface area contributed by atoms with E-state index in [1.54, 1.807) is 6.07 Å². The largest absolute Gasteiger partial charge is 0.420 e. The summed E-state index contributed by atoms with van der Waals surface area (Å²) in [7, 11) is 0. The molecule has 0 radical (unpaired) electrons. The van der Waals surface area contributed by atoms with E-state index in [9.17, 15) is 4.39 Å². The predicted molar refractivity (Wildman–Crippen MR) is 67.1 cm³/mol. The molecule has 3 aliphatic rings. The smallest absolute Gasteiger partial charge is 0.247 e. The maximum absolute atomic E-state index is 13.4. The molecule has 3 aliphatic carbocycles. The van der Waals surface area contributed by atoms with E-state index in [1.165, 1.54) is 12.1 Å². The van der Waals surface area contributed by atoms with E-state index in [0.29, 0.717) is 17.3 Å². The lowest BCUT2D eigenvalue weighted by atomic mass is 9.40. The van der Waals surface area contributed by atoms with E-state index in [-0.39, 0.29) is 16.0 Å². The maximum atomic E-state index is 13.4. The molecule has 1 aromatic heterocycles. The molecule has 0 amide bonds. The van der Waals surface area contributed by atoms with Crippen molar-refractivity contribution in [3.63, 3.8) is 0 Å². The molecular weight excluding hydrogens is 269 g/mol.